The summed E-state index contributed by atoms with van der Waals surface area (Å²) >= 11 is 5.24. The summed E-state index contributed by atoms with van der Waals surface area (Å²) in [6.07, 6.45) is 1.02. The maximum atomic E-state index is 12.5. The summed E-state index contributed by atoms with van der Waals surface area (Å²) in [5.41, 5.74) is 3.35. The molecule has 2 aromatic rings. The Morgan fingerprint density at radius 1 is 1.04 bits per heavy atom. The maximum absolute atomic E-state index is 12.5. The Labute approximate surface area is 171 Å². The first-order valence-electron chi connectivity index (χ1n) is 9.33. The zero-order chi connectivity index (χ0) is 20.7. The standard InChI is InChI=1S/C22H27N3O2S/c1-14(2)12-16-8-10-17(11-9-16)15(3)20(26)25-22(28)24-19-7-5-6-18(13-19)21(27)23-4/h5-11,13-15H,12H2,1-4H3,(H,23,27)(H2,24,25,26,28). The van der Waals surface area contributed by atoms with E-state index in [-0.39, 0.29) is 22.8 Å². The fraction of sp³-hybridized carbons (Fsp3) is 0.318. The zero-order valence-electron chi connectivity index (χ0n) is 16.7. The summed E-state index contributed by atoms with van der Waals surface area (Å²) in [5, 5.41) is 8.43. The van der Waals surface area contributed by atoms with Crippen molar-refractivity contribution in [2.45, 2.75) is 33.1 Å². The zero-order valence-corrected chi connectivity index (χ0v) is 17.5. The molecule has 6 heteroatoms. The van der Waals surface area contributed by atoms with Gasteiger partial charge in [-0.05, 0) is 60.8 Å². The number of amides is 2. The Bertz CT molecular complexity index is 847. The van der Waals surface area contributed by atoms with Crippen molar-refractivity contribution in [2.75, 3.05) is 12.4 Å². The summed E-state index contributed by atoms with van der Waals surface area (Å²) < 4.78 is 0. The lowest BCUT2D eigenvalue weighted by molar-refractivity contribution is -0.120. The second kappa shape index (κ2) is 9.99. The van der Waals surface area contributed by atoms with E-state index in [4.69, 9.17) is 12.2 Å². The van der Waals surface area contributed by atoms with E-state index in [0.717, 1.165) is 12.0 Å². The predicted octanol–water partition coefficient (Wildman–Crippen LogP) is 3.86. The van der Waals surface area contributed by atoms with E-state index < -0.39 is 0 Å². The number of anilines is 1. The molecule has 0 saturated heterocycles. The fourth-order valence-electron chi connectivity index (χ4n) is 2.83. The maximum Gasteiger partial charge on any atom is 0.251 e. The van der Waals surface area contributed by atoms with Crippen LogP contribution in [0, 0.1) is 5.92 Å². The molecule has 2 rings (SSSR count). The van der Waals surface area contributed by atoms with Gasteiger partial charge in [0.05, 0.1) is 5.92 Å². The largest absolute Gasteiger partial charge is 0.355 e. The van der Waals surface area contributed by atoms with Crippen LogP contribution in [0.3, 0.4) is 0 Å². The number of carbonyl (C=O) groups excluding carboxylic acids is 2. The van der Waals surface area contributed by atoms with Gasteiger partial charge < -0.3 is 16.0 Å². The number of carbonyl (C=O) groups is 2. The van der Waals surface area contributed by atoms with Crippen molar-refractivity contribution in [1.82, 2.24) is 10.6 Å². The lowest BCUT2D eigenvalue weighted by Gasteiger charge is -2.15. The average Bonchev–Trinajstić information content (AvgIpc) is 2.67. The summed E-state index contributed by atoms with van der Waals surface area (Å²) in [6.45, 7) is 6.21. The molecule has 0 aliphatic heterocycles. The second-order valence-electron chi connectivity index (χ2n) is 7.16. The van der Waals surface area contributed by atoms with Gasteiger partial charge in [0.1, 0.15) is 0 Å². The topological polar surface area (TPSA) is 70.2 Å². The van der Waals surface area contributed by atoms with Crippen LogP contribution in [0.15, 0.2) is 48.5 Å². The second-order valence-corrected chi connectivity index (χ2v) is 7.57. The fourth-order valence-corrected chi connectivity index (χ4v) is 3.05. The average molecular weight is 398 g/mol. The molecule has 0 heterocycles. The monoisotopic (exact) mass is 397 g/mol. The molecule has 0 aliphatic carbocycles. The van der Waals surface area contributed by atoms with Crippen LogP contribution in [0.4, 0.5) is 5.69 Å². The smallest absolute Gasteiger partial charge is 0.251 e. The van der Waals surface area contributed by atoms with E-state index in [1.165, 1.54) is 5.56 Å². The number of nitrogens with one attached hydrogen (secondary N) is 3. The summed E-state index contributed by atoms with van der Waals surface area (Å²) in [5.74, 6) is -0.105. The number of benzene rings is 2. The molecule has 0 spiro atoms. The minimum atomic E-state index is -0.329. The molecule has 3 N–H and O–H groups in total. The Morgan fingerprint density at radius 2 is 1.71 bits per heavy atom. The first-order valence-corrected chi connectivity index (χ1v) is 9.73. The van der Waals surface area contributed by atoms with Gasteiger partial charge in [0.2, 0.25) is 5.91 Å². The predicted molar refractivity (Wildman–Crippen MR) is 118 cm³/mol. The van der Waals surface area contributed by atoms with Crippen LogP contribution < -0.4 is 16.0 Å². The molecule has 0 fully saturated rings. The Morgan fingerprint density at radius 3 is 2.32 bits per heavy atom. The molecule has 1 atom stereocenters. The molecular formula is C22H27N3O2S. The molecule has 0 saturated carbocycles. The van der Waals surface area contributed by atoms with Crippen LogP contribution in [0.25, 0.3) is 0 Å². The Kier molecular flexibility index (Phi) is 7.70. The van der Waals surface area contributed by atoms with Crippen molar-refractivity contribution in [3.05, 3.63) is 65.2 Å². The Hall–Kier alpha value is -2.73. The SMILES string of the molecule is CNC(=O)c1cccc(NC(=S)NC(=O)C(C)c2ccc(CC(C)C)cc2)c1. The van der Waals surface area contributed by atoms with Gasteiger partial charge in [-0.25, -0.2) is 0 Å². The van der Waals surface area contributed by atoms with Crippen LogP contribution in [0.1, 0.15) is 48.2 Å². The summed E-state index contributed by atoms with van der Waals surface area (Å²) in [4.78, 5) is 24.2. The minimum absolute atomic E-state index is 0.184. The van der Waals surface area contributed by atoms with Gasteiger partial charge in [-0.1, -0.05) is 44.2 Å². The normalized spacial score (nSPS) is 11.6. The van der Waals surface area contributed by atoms with Gasteiger partial charge in [-0.3, -0.25) is 9.59 Å². The number of rotatable bonds is 6. The van der Waals surface area contributed by atoms with Crippen LogP contribution in [0.2, 0.25) is 0 Å². The first-order chi connectivity index (χ1) is 13.3. The minimum Gasteiger partial charge on any atom is -0.355 e. The van der Waals surface area contributed by atoms with Gasteiger partial charge >= 0.3 is 0 Å². The third kappa shape index (κ3) is 6.16. The van der Waals surface area contributed by atoms with Crippen LogP contribution >= 0.6 is 12.2 Å². The van der Waals surface area contributed by atoms with E-state index in [1.54, 1.807) is 31.3 Å². The number of hydrogen-bond acceptors (Lipinski definition) is 3. The van der Waals surface area contributed by atoms with E-state index in [0.29, 0.717) is 17.2 Å². The molecule has 2 aromatic carbocycles. The van der Waals surface area contributed by atoms with Crippen molar-refractivity contribution in [3.63, 3.8) is 0 Å². The van der Waals surface area contributed by atoms with Crippen LogP contribution in [0.5, 0.6) is 0 Å². The Balaban J connectivity index is 1.96. The highest BCUT2D eigenvalue weighted by Gasteiger charge is 2.16. The highest BCUT2D eigenvalue weighted by Crippen LogP contribution is 2.18. The van der Waals surface area contributed by atoms with Crippen LogP contribution in [-0.2, 0) is 11.2 Å². The van der Waals surface area contributed by atoms with Crippen molar-refractivity contribution in [3.8, 4) is 0 Å². The van der Waals surface area contributed by atoms with Gasteiger partial charge in [0.15, 0.2) is 5.11 Å². The number of thiocarbonyl (C=S) groups is 1. The summed E-state index contributed by atoms with van der Waals surface area (Å²) in [6, 6.07) is 15.0. The van der Waals surface area contributed by atoms with Crippen molar-refractivity contribution in [1.29, 1.82) is 0 Å². The molecule has 0 aliphatic rings. The molecule has 5 nitrogen and oxygen atoms in total. The van der Waals surface area contributed by atoms with Gasteiger partial charge in [0, 0.05) is 18.3 Å². The van der Waals surface area contributed by atoms with Gasteiger partial charge in [-0.15, -0.1) is 0 Å². The van der Waals surface area contributed by atoms with Crippen LogP contribution in [-0.4, -0.2) is 24.0 Å². The lowest BCUT2D eigenvalue weighted by Crippen LogP contribution is -2.36. The van der Waals surface area contributed by atoms with E-state index in [1.807, 2.05) is 19.1 Å². The van der Waals surface area contributed by atoms with Gasteiger partial charge in [-0.2, -0.15) is 0 Å². The summed E-state index contributed by atoms with van der Waals surface area (Å²) in [7, 11) is 1.57. The molecule has 28 heavy (non-hydrogen) atoms. The molecule has 0 bridgehead atoms. The molecule has 2 amide bonds. The number of hydrogen-bond donors (Lipinski definition) is 3. The van der Waals surface area contributed by atoms with Crippen molar-refractivity contribution >= 4 is 34.8 Å². The highest BCUT2D eigenvalue weighted by atomic mass is 32.1. The van der Waals surface area contributed by atoms with E-state index in [2.05, 4.69) is 41.9 Å². The van der Waals surface area contributed by atoms with E-state index in [9.17, 15) is 9.59 Å². The first kappa shape index (κ1) is 21.6. The molecule has 0 radical (unpaired) electrons. The van der Waals surface area contributed by atoms with E-state index >= 15 is 0 Å². The third-order valence-electron chi connectivity index (χ3n) is 4.36. The highest BCUT2D eigenvalue weighted by molar-refractivity contribution is 7.80. The third-order valence-corrected chi connectivity index (χ3v) is 4.57. The van der Waals surface area contributed by atoms with Crippen molar-refractivity contribution < 1.29 is 9.59 Å². The van der Waals surface area contributed by atoms with Gasteiger partial charge in [0.25, 0.3) is 5.91 Å². The quantitative estimate of drug-likeness (QED) is 0.648. The lowest BCUT2D eigenvalue weighted by atomic mass is 9.96. The van der Waals surface area contributed by atoms with Crippen molar-refractivity contribution in [2.24, 2.45) is 5.92 Å². The molecule has 0 aromatic heterocycles. The molecular weight excluding hydrogens is 370 g/mol. The molecule has 1 unspecified atom stereocenters. The molecule has 148 valence electrons.